The number of hydrogen-bond acceptors (Lipinski definition) is 1. The molecule has 86 valence electrons. The quantitative estimate of drug-likeness (QED) is 0.639. The summed E-state index contributed by atoms with van der Waals surface area (Å²) < 4.78 is 7.95. The minimum atomic E-state index is 0.625. The van der Waals surface area contributed by atoms with Gasteiger partial charge in [0.05, 0.1) is 6.61 Å². The summed E-state index contributed by atoms with van der Waals surface area (Å²) in [6.07, 6.45) is 0. The standard InChI is InChI=1S/C13H17B2NO/c1-10-7-12(14)13(15)16(10)9-17-8-11-5-3-2-4-6-11/h2-7H,8-9,14-15H2,1H3. The van der Waals surface area contributed by atoms with Gasteiger partial charge in [0.1, 0.15) is 14.6 Å². The minimum absolute atomic E-state index is 0.625. The molecular weight excluding hydrogens is 208 g/mol. The van der Waals surface area contributed by atoms with Crippen LogP contribution in [0.15, 0.2) is 36.4 Å². The monoisotopic (exact) mass is 225 g/mol. The van der Waals surface area contributed by atoms with Gasteiger partial charge in [0.15, 0.2) is 7.85 Å². The first kappa shape index (κ1) is 12.1. The summed E-state index contributed by atoms with van der Waals surface area (Å²) >= 11 is 0. The molecule has 0 spiro atoms. The molecule has 0 amide bonds. The van der Waals surface area contributed by atoms with Crippen LogP contribution in [-0.2, 0) is 18.1 Å². The van der Waals surface area contributed by atoms with Crippen molar-refractivity contribution in [2.45, 2.75) is 20.3 Å². The Labute approximate surface area is 104 Å². The van der Waals surface area contributed by atoms with Gasteiger partial charge < -0.3 is 9.30 Å². The summed E-state index contributed by atoms with van der Waals surface area (Å²) in [5.41, 5.74) is 5.08. The molecule has 2 nitrogen and oxygen atoms in total. The van der Waals surface area contributed by atoms with Crippen LogP contribution < -0.4 is 11.1 Å². The Morgan fingerprint density at radius 3 is 2.47 bits per heavy atom. The molecule has 0 aliphatic heterocycles. The first-order valence-electron chi connectivity index (χ1n) is 5.93. The Bertz CT molecular complexity index is 494. The van der Waals surface area contributed by atoms with Gasteiger partial charge in [-0.1, -0.05) is 35.8 Å². The zero-order valence-corrected chi connectivity index (χ0v) is 10.7. The maximum absolute atomic E-state index is 5.74. The molecular formula is C13H17B2NO. The van der Waals surface area contributed by atoms with Gasteiger partial charge >= 0.3 is 0 Å². The third-order valence-electron chi connectivity index (χ3n) is 3.16. The molecule has 1 aromatic carbocycles. The zero-order valence-electron chi connectivity index (χ0n) is 10.7. The SMILES string of the molecule is Bc1cc(C)n(COCc2ccccc2)c1B. The fourth-order valence-electron chi connectivity index (χ4n) is 2.00. The second-order valence-corrected chi connectivity index (χ2v) is 4.45. The largest absolute Gasteiger partial charge is 0.356 e. The van der Waals surface area contributed by atoms with E-state index in [-0.39, 0.29) is 0 Å². The average Bonchev–Trinajstić information content (AvgIpc) is 2.57. The highest BCUT2D eigenvalue weighted by Gasteiger charge is 2.04. The first-order chi connectivity index (χ1) is 8.18. The smallest absolute Gasteiger partial charge is 0.160 e. The van der Waals surface area contributed by atoms with Crippen LogP contribution in [0.5, 0.6) is 0 Å². The predicted molar refractivity (Wildman–Crippen MR) is 76.8 cm³/mol. The van der Waals surface area contributed by atoms with Gasteiger partial charge in [-0.3, -0.25) is 0 Å². The number of aryl methyl sites for hydroxylation is 1. The van der Waals surface area contributed by atoms with Crippen LogP contribution in [0.2, 0.25) is 0 Å². The average molecular weight is 225 g/mol. The van der Waals surface area contributed by atoms with Crippen LogP contribution in [0.4, 0.5) is 0 Å². The third-order valence-corrected chi connectivity index (χ3v) is 3.16. The van der Waals surface area contributed by atoms with Gasteiger partial charge in [-0.05, 0) is 24.1 Å². The second-order valence-electron chi connectivity index (χ2n) is 4.45. The lowest BCUT2D eigenvalue weighted by atomic mass is 9.87. The van der Waals surface area contributed by atoms with E-state index < -0.39 is 0 Å². The van der Waals surface area contributed by atoms with Crippen molar-refractivity contribution in [3.63, 3.8) is 0 Å². The zero-order chi connectivity index (χ0) is 12.3. The van der Waals surface area contributed by atoms with Crippen LogP contribution in [-0.4, -0.2) is 20.3 Å². The molecule has 0 aliphatic carbocycles. The van der Waals surface area contributed by atoms with E-state index in [4.69, 9.17) is 4.74 Å². The summed E-state index contributed by atoms with van der Waals surface area (Å²) in [6.45, 7) is 3.41. The van der Waals surface area contributed by atoms with Gasteiger partial charge in [0, 0.05) is 5.69 Å². The van der Waals surface area contributed by atoms with Gasteiger partial charge in [-0.25, -0.2) is 0 Å². The van der Waals surface area contributed by atoms with Gasteiger partial charge in [-0.2, -0.15) is 0 Å². The van der Waals surface area contributed by atoms with E-state index in [0.717, 1.165) is 0 Å². The molecule has 2 aromatic rings. The van der Waals surface area contributed by atoms with Gasteiger partial charge in [-0.15, -0.1) is 0 Å². The number of benzene rings is 1. The molecule has 0 unspecified atom stereocenters. The lowest BCUT2D eigenvalue weighted by Crippen LogP contribution is -2.30. The Kier molecular flexibility index (Phi) is 3.75. The highest BCUT2D eigenvalue weighted by atomic mass is 16.5. The number of ether oxygens (including phenoxy) is 1. The fourth-order valence-corrected chi connectivity index (χ4v) is 2.00. The van der Waals surface area contributed by atoms with Crippen LogP contribution in [0.25, 0.3) is 0 Å². The number of hydrogen-bond donors (Lipinski definition) is 0. The topological polar surface area (TPSA) is 14.2 Å². The van der Waals surface area contributed by atoms with E-state index in [1.54, 1.807) is 0 Å². The van der Waals surface area contributed by atoms with Crippen LogP contribution in [0, 0.1) is 6.92 Å². The normalized spacial score (nSPS) is 10.6. The summed E-state index contributed by atoms with van der Waals surface area (Å²) in [5, 5.41) is 0. The summed E-state index contributed by atoms with van der Waals surface area (Å²) in [5.74, 6) is 0. The van der Waals surface area contributed by atoms with Gasteiger partial charge in [0.25, 0.3) is 0 Å². The van der Waals surface area contributed by atoms with Crippen molar-refractivity contribution in [1.29, 1.82) is 0 Å². The fraction of sp³-hybridized carbons (Fsp3) is 0.231. The summed E-state index contributed by atoms with van der Waals surface area (Å²) in [7, 11) is 4.27. The number of rotatable bonds is 4. The van der Waals surface area contributed by atoms with E-state index in [1.807, 2.05) is 18.2 Å². The molecule has 17 heavy (non-hydrogen) atoms. The molecule has 0 aliphatic rings. The Hall–Kier alpha value is -1.41. The lowest BCUT2D eigenvalue weighted by Gasteiger charge is -2.11. The minimum Gasteiger partial charge on any atom is -0.356 e. The molecule has 2 rings (SSSR count). The van der Waals surface area contributed by atoms with Crippen molar-refractivity contribution >= 4 is 26.7 Å². The maximum atomic E-state index is 5.74. The summed E-state index contributed by atoms with van der Waals surface area (Å²) in [6, 6.07) is 12.5. The molecule has 0 radical (unpaired) electrons. The second kappa shape index (κ2) is 5.28. The molecule has 0 atom stereocenters. The van der Waals surface area contributed by atoms with Crippen LogP contribution in [0.1, 0.15) is 11.3 Å². The van der Waals surface area contributed by atoms with E-state index in [2.05, 4.69) is 45.4 Å². The predicted octanol–water partition coefficient (Wildman–Crippen LogP) is -0.512. The van der Waals surface area contributed by atoms with Crippen molar-refractivity contribution < 1.29 is 4.74 Å². The van der Waals surface area contributed by atoms with Crippen molar-refractivity contribution in [3.05, 3.63) is 47.7 Å². The molecule has 4 heteroatoms. The van der Waals surface area contributed by atoms with E-state index in [0.29, 0.717) is 13.3 Å². The molecule has 0 fully saturated rings. The van der Waals surface area contributed by atoms with E-state index in [9.17, 15) is 0 Å². The van der Waals surface area contributed by atoms with Crippen LogP contribution >= 0.6 is 0 Å². The summed E-state index contributed by atoms with van der Waals surface area (Å²) in [4.78, 5) is 0. The van der Waals surface area contributed by atoms with E-state index in [1.165, 1.54) is 22.3 Å². The van der Waals surface area contributed by atoms with E-state index >= 15 is 0 Å². The molecule has 0 N–H and O–H groups in total. The van der Waals surface area contributed by atoms with Crippen molar-refractivity contribution in [3.8, 4) is 0 Å². The molecule has 0 bridgehead atoms. The molecule has 1 heterocycles. The lowest BCUT2D eigenvalue weighted by molar-refractivity contribution is 0.0649. The van der Waals surface area contributed by atoms with Crippen molar-refractivity contribution in [2.24, 2.45) is 0 Å². The molecule has 1 aromatic heterocycles. The Balaban J connectivity index is 1.95. The Morgan fingerprint density at radius 1 is 1.18 bits per heavy atom. The van der Waals surface area contributed by atoms with Gasteiger partial charge in [0.2, 0.25) is 0 Å². The number of nitrogens with zero attached hydrogens (tertiary/aromatic N) is 1. The highest BCUT2D eigenvalue weighted by Crippen LogP contribution is 2.02. The molecule has 0 saturated carbocycles. The Morgan fingerprint density at radius 2 is 1.88 bits per heavy atom. The van der Waals surface area contributed by atoms with Crippen molar-refractivity contribution in [1.82, 2.24) is 4.57 Å². The maximum Gasteiger partial charge on any atom is 0.160 e. The highest BCUT2D eigenvalue weighted by molar-refractivity contribution is 6.47. The third kappa shape index (κ3) is 2.83. The molecule has 0 saturated heterocycles. The number of aromatic nitrogens is 1. The van der Waals surface area contributed by atoms with Crippen LogP contribution in [0.3, 0.4) is 0 Å². The van der Waals surface area contributed by atoms with Crippen molar-refractivity contribution in [2.75, 3.05) is 0 Å². The first-order valence-corrected chi connectivity index (χ1v) is 5.93.